The normalized spacial score (nSPS) is 14.6. The predicted molar refractivity (Wildman–Crippen MR) is 60.8 cm³/mol. The third kappa shape index (κ3) is 3.39. The second-order valence-electron chi connectivity index (χ2n) is 4.30. The lowest BCUT2D eigenvalue weighted by Crippen LogP contribution is -2.19. The Morgan fingerprint density at radius 1 is 1.40 bits per heavy atom. The average Bonchev–Trinajstić information content (AvgIpc) is 2.16. The Hall–Kier alpha value is -1.31. The fourth-order valence-electron chi connectivity index (χ4n) is 1.63. The van der Waals surface area contributed by atoms with Crippen molar-refractivity contribution in [2.24, 2.45) is 11.8 Å². The molecule has 2 atom stereocenters. The number of aliphatic carboxylic acids is 1. The van der Waals surface area contributed by atoms with Crippen LogP contribution < -0.4 is 0 Å². The Morgan fingerprint density at radius 3 is 2.60 bits per heavy atom. The third-order valence-electron chi connectivity index (χ3n) is 2.88. The van der Waals surface area contributed by atoms with Gasteiger partial charge in [0, 0.05) is 0 Å². The van der Waals surface area contributed by atoms with E-state index >= 15 is 0 Å². The maximum atomic E-state index is 10.8. The van der Waals surface area contributed by atoms with E-state index in [4.69, 9.17) is 5.11 Å². The zero-order valence-electron chi connectivity index (χ0n) is 9.53. The van der Waals surface area contributed by atoms with Gasteiger partial charge in [-0.3, -0.25) is 4.79 Å². The van der Waals surface area contributed by atoms with Crippen molar-refractivity contribution >= 4 is 5.97 Å². The van der Waals surface area contributed by atoms with E-state index < -0.39 is 5.97 Å². The van der Waals surface area contributed by atoms with E-state index in [1.807, 2.05) is 13.0 Å². The van der Waals surface area contributed by atoms with Crippen LogP contribution in [0.15, 0.2) is 24.3 Å². The number of hydrogen-bond donors (Lipinski definition) is 1. The van der Waals surface area contributed by atoms with Crippen molar-refractivity contribution in [3.05, 3.63) is 35.4 Å². The molecule has 0 spiro atoms. The second-order valence-corrected chi connectivity index (χ2v) is 4.30. The van der Waals surface area contributed by atoms with E-state index in [1.54, 1.807) is 6.92 Å². The first kappa shape index (κ1) is 11.8. The van der Waals surface area contributed by atoms with Gasteiger partial charge in [0.1, 0.15) is 0 Å². The molecule has 1 aromatic rings. The highest BCUT2D eigenvalue weighted by molar-refractivity contribution is 5.69. The Morgan fingerprint density at radius 2 is 2.07 bits per heavy atom. The lowest BCUT2D eigenvalue weighted by molar-refractivity contribution is -0.142. The van der Waals surface area contributed by atoms with Gasteiger partial charge in [0.2, 0.25) is 0 Å². The van der Waals surface area contributed by atoms with E-state index in [1.165, 1.54) is 11.1 Å². The Kier molecular flexibility index (Phi) is 3.89. The molecule has 0 saturated heterocycles. The molecule has 0 radical (unpaired) electrons. The molecule has 82 valence electrons. The van der Waals surface area contributed by atoms with Gasteiger partial charge in [-0.25, -0.2) is 0 Å². The Balaban J connectivity index is 2.66. The molecule has 0 aliphatic heterocycles. The van der Waals surface area contributed by atoms with E-state index in [0.29, 0.717) is 0 Å². The molecule has 2 heteroatoms. The molecule has 0 aromatic heterocycles. The number of carbonyl (C=O) groups is 1. The van der Waals surface area contributed by atoms with E-state index in [-0.39, 0.29) is 11.8 Å². The summed E-state index contributed by atoms with van der Waals surface area (Å²) >= 11 is 0. The minimum atomic E-state index is -0.713. The maximum absolute atomic E-state index is 10.8. The molecule has 15 heavy (non-hydrogen) atoms. The molecule has 2 nitrogen and oxygen atoms in total. The molecule has 1 rings (SSSR count). The van der Waals surface area contributed by atoms with Crippen LogP contribution in [0, 0.1) is 18.8 Å². The molecule has 0 amide bonds. The first-order valence-electron chi connectivity index (χ1n) is 5.29. The second kappa shape index (κ2) is 4.96. The summed E-state index contributed by atoms with van der Waals surface area (Å²) in [5.74, 6) is -0.829. The van der Waals surface area contributed by atoms with Gasteiger partial charge in [-0.1, -0.05) is 43.7 Å². The van der Waals surface area contributed by atoms with E-state index in [2.05, 4.69) is 25.1 Å². The van der Waals surface area contributed by atoms with Crippen LogP contribution in [0.4, 0.5) is 0 Å². The quantitative estimate of drug-likeness (QED) is 0.822. The molecule has 0 fully saturated rings. The minimum Gasteiger partial charge on any atom is -0.481 e. The van der Waals surface area contributed by atoms with Crippen LogP contribution in [0.5, 0.6) is 0 Å². The monoisotopic (exact) mass is 206 g/mol. The number of rotatable bonds is 4. The molecule has 1 aromatic carbocycles. The summed E-state index contributed by atoms with van der Waals surface area (Å²) in [6.45, 7) is 5.80. The molecule has 0 heterocycles. The summed E-state index contributed by atoms with van der Waals surface area (Å²) in [5, 5.41) is 8.89. The van der Waals surface area contributed by atoms with Crippen molar-refractivity contribution in [2.45, 2.75) is 27.2 Å². The fourth-order valence-corrected chi connectivity index (χ4v) is 1.63. The highest BCUT2D eigenvalue weighted by Crippen LogP contribution is 2.17. The van der Waals surface area contributed by atoms with Crippen LogP contribution in [0.2, 0.25) is 0 Å². The van der Waals surface area contributed by atoms with Gasteiger partial charge in [0.15, 0.2) is 0 Å². The van der Waals surface area contributed by atoms with Gasteiger partial charge < -0.3 is 5.11 Å². The third-order valence-corrected chi connectivity index (χ3v) is 2.88. The number of benzene rings is 1. The van der Waals surface area contributed by atoms with Crippen LogP contribution in [0.3, 0.4) is 0 Å². The number of carboxylic acid groups (broad SMARTS) is 1. The lowest BCUT2D eigenvalue weighted by atomic mass is 9.89. The van der Waals surface area contributed by atoms with Crippen molar-refractivity contribution in [1.82, 2.24) is 0 Å². The summed E-state index contributed by atoms with van der Waals surface area (Å²) < 4.78 is 0. The van der Waals surface area contributed by atoms with E-state index in [0.717, 1.165) is 6.42 Å². The first-order chi connectivity index (χ1) is 7.00. The number of carboxylic acids is 1. The summed E-state index contributed by atoms with van der Waals surface area (Å²) in [7, 11) is 0. The minimum absolute atomic E-state index is 0.171. The van der Waals surface area contributed by atoms with Crippen molar-refractivity contribution in [1.29, 1.82) is 0 Å². The van der Waals surface area contributed by atoms with Crippen molar-refractivity contribution in [3.8, 4) is 0 Å². The van der Waals surface area contributed by atoms with E-state index in [9.17, 15) is 4.79 Å². The van der Waals surface area contributed by atoms with Gasteiger partial charge in [0.25, 0.3) is 0 Å². The summed E-state index contributed by atoms with van der Waals surface area (Å²) in [5.41, 5.74) is 2.44. The van der Waals surface area contributed by atoms with Gasteiger partial charge >= 0.3 is 5.97 Å². The molecule has 1 N–H and O–H groups in total. The fraction of sp³-hybridized carbons (Fsp3) is 0.462. The molecule has 0 aliphatic carbocycles. The summed E-state index contributed by atoms with van der Waals surface area (Å²) in [6.07, 6.45) is 0.829. The Labute approximate surface area is 90.9 Å². The maximum Gasteiger partial charge on any atom is 0.306 e. The van der Waals surface area contributed by atoms with Gasteiger partial charge in [-0.15, -0.1) is 0 Å². The zero-order valence-corrected chi connectivity index (χ0v) is 9.53. The smallest absolute Gasteiger partial charge is 0.306 e. The standard InChI is InChI=1S/C13H18O2/c1-9-5-4-6-12(7-9)8-10(2)11(3)13(14)15/h4-7,10-11H,8H2,1-3H3,(H,14,15). The molecule has 0 saturated carbocycles. The lowest BCUT2D eigenvalue weighted by Gasteiger charge is -2.15. The van der Waals surface area contributed by atoms with Gasteiger partial charge in [0.05, 0.1) is 5.92 Å². The topological polar surface area (TPSA) is 37.3 Å². The molecule has 0 aliphatic rings. The molecular weight excluding hydrogens is 188 g/mol. The first-order valence-corrected chi connectivity index (χ1v) is 5.29. The van der Waals surface area contributed by atoms with Crippen LogP contribution >= 0.6 is 0 Å². The SMILES string of the molecule is Cc1cccc(CC(C)C(C)C(=O)O)c1. The van der Waals surface area contributed by atoms with Gasteiger partial charge in [-0.2, -0.15) is 0 Å². The number of aryl methyl sites for hydroxylation is 1. The van der Waals surface area contributed by atoms with Crippen LogP contribution in [0.1, 0.15) is 25.0 Å². The average molecular weight is 206 g/mol. The van der Waals surface area contributed by atoms with Crippen molar-refractivity contribution in [3.63, 3.8) is 0 Å². The highest BCUT2D eigenvalue weighted by atomic mass is 16.4. The highest BCUT2D eigenvalue weighted by Gasteiger charge is 2.19. The zero-order chi connectivity index (χ0) is 11.4. The molecule has 2 unspecified atom stereocenters. The molecule has 0 bridgehead atoms. The van der Waals surface area contributed by atoms with Crippen molar-refractivity contribution in [2.75, 3.05) is 0 Å². The molecular formula is C13H18O2. The van der Waals surface area contributed by atoms with Crippen LogP contribution in [-0.4, -0.2) is 11.1 Å². The van der Waals surface area contributed by atoms with Gasteiger partial charge in [-0.05, 0) is 24.8 Å². The van der Waals surface area contributed by atoms with Crippen LogP contribution in [0.25, 0.3) is 0 Å². The summed E-state index contributed by atoms with van der Waals surface area (Å²) in [6, 6.07) is 8.24. The van der Waals surface area contributed by atoms with Crippen LogP contribution in [-0.2, 0) is 11.2 Å². The number of hydrogen-bond acceptors (Lipinski definition) is 1. The largest absolute Gasteiger partial charge is 0.481 e. The van der Waals surface area contributed by atoms with Crippen molar-refractivity contribution < 1.29 is 9.90 Å². The Bertz CT molecular complexity index is 344. The summed E-state index contributed by atoms with van der Waals surface area (Å²) in [4.78, 5) is 10.8. The predicted octanol–water partition coefficient (Wildman–Crippen LogP) is 2.89.